The smallest absolute Gasteiger partial charge is 0 e. The fourth-order valence-electron chi connectivity index (χ4n) is 0.797. The van der Waals surface area contributed by atoms with Gasteiger partial charge in [-0.25, -0.2) is 23.0 Å². The van der Waals surface area contributed by atoms with Crippen LogP contribution in [0.25, 0.3) is 0 Å². The molecule has 0 spiro atoms. The molecule has 3 nitrogen and oxygen atoms in total. The van der Waals surface area contributed by atoms with Gasteiger partial charge in [0.1, 0.15) is 11.6 Å². The number of hydrogen-bond donors (Lipinski definition) is 1. The number of aromatic hydroxyl groups is 1. The van der Waals surface area contributed by atoms with Gasteiger partial charge in [0.05, 0.1) is 0 Å². The Hall–Kier alpha value is -1.44. The molecule has 96 valence electrons. The maximum atomic E-state index is 12.0. The van der Waals surface area contributed by atoms with E-state index in [1.54, 1.807) is 0 Å². The molecule has 2 radical (unpaired) electrons. The predicted octanol–water partition coefficient (Wildman–Crippen LogP) is 2.62. The molecule has 18 heavy (non-hydrogen) atoms. The number of phenols is 1. The van der Waals surface area contributed by atoms with Crippen molar-refractivity contribution in [3.63, 3.8) is 0 Å². The number of phenolic OH excluding ortho intramolecular Hbond substituents is 1. The summed E-state index contributed by atoms with van der Waals surface area (Å²) in [6, 6.07) is 5.20. The summed E-state index contributed by atoms with van der Waals surface area (Å²) in [5.74, 6) is -0.449. The van der Waals surface area contributed by atoms with E-state index in [1.165, 1.54) is 18.2 Å². The summed E-state index contributed by atoms with van der Waals surface area (Å²) in [5.41, 5.74) is 0. The largest absolute Gasteiger partial charge is 0.231 e. The molecular weight excluding hydrogens is 279 g/mol. The Morgan fingerprint density at radius 3 is 2.00 bits per heavy atom. The Morgan fingerprint density at radius 2 is 1.78 bits per heavy atom. The van der Waals surface area contributed by atoms with Crippen molar-refractivity contribution in [3.05, 3.63) is 74.8 Å². The molecule has 1 aliphatic rings. The fourth-order valence-corrected chi connectivity index (χ4v) is 0.797. The molecule has 0 heterocycles. The zero-order chi connectivity index (χ0) is 13.5. The van der Waals surface area contributed by atoms with Gasteiger partial charge in [0.25, 0.3) is 0 Å². The molecule has 0 aliphatic heterocycles. The van der Waals surface area contributed by atoms with Crippen LogP contribution in [0.4, 0.5) is 4.39 Å². The molecule has 0 amide bonds. The van der Waals surface area contributed by atoms with Crippen LogP contribution in [-0.4, -0.2) is 5.11 Å². The van der Waals surface area contributed by atoms with Crippen molar-refractivity contribution in [1.29, 1.82) is 0 Å². The van der Waals surface area contributed by atoms with Gasteiger partial charge in [-0.1, -0.05) is 6.07 Å². The summed E-state index contributed by atoms with van der Waals surface area (Å²) in [7, 11) is 0. The minimum Gasteiger partial charge on any atom is -0.231 e. The third kappa shape index (κ3) is 14.6. The second kappa shape index (κ2) is 17.9. The van der Waals surface area contributed by atoms with Crippen molar-refractivity contribution in [3.8, 4) is 5.75 Å². The summed E-state index contributed by atoms with van der Waals surface area (Å²) in [6.45, 7) is 9.00. The summed E-state index contributed by atoms with van der Waals surface area (Å²) in [6.07, 6.45) is 10.0. The van der Waals surface area contributed by atoms with Gasteiger partial charge in [-0.3, -0.25) is 0 Å². The monoisotopic (exact) mass is 289 g/mol. The standard InChI is InChI=1S/C6H5FO.C5H5.2CO.Fe/c7-5-2-1-3-6(8)4-5;1-2-4-5-3-1;2*1-2;/h1-4,8H;1-5H;;;/q;-1;;;. The van der Waals surface area contributed by atoms with Crippen LogP contribution < -0.4 is 0 Å². The third-order valence-electron chi connectivity index (χ3n) is 1.36. The van der Waals surface area contributed by atoms with Gasteiger partial charge in [-0.2, -0.15) is 0 Å². The van der Waals surface area contributed by atoms with Crippen LogP contribution in [0, 0.1) is 38.4 Å². The van der Waals surface area contributed by atoms with Crippen LogP contribution in [-0.2, 0) is 26.4 Å². The maximum Gasteiger partial charge on any atom is 0 e. The molecule has 2 rings (SSSR count). The second-order valence-electron chi connectivity index (χ2n) is 2.44. The van der Waals surface area contributed by atoms with Gasteiger partial charge < -0.3 is 5.11 Å². The second-order valence-corrected chi connectivity index (χ2v) is 2.44. The van der Waals surface area contributed by atoms with E-state index in [2.05, 4.69) is 13.3 Å². The van der Waals surface area contributed by atoms with E-state index in [4.69, 9.17) is 14.4 Å². The first-order valence-electron chi connectivity index (χ1n) is 4.31. The Labute approximate surface area is 117 Å². The maximum absolute atomic E-state index is 12.0. The number of hydrogen-bond acceptors (Lipinski definition) is 1. The summed E-state index contributed by atoms with van der Waals surface area (Å²) in [4.78, 5) is 0. The molecule has 1 aromatic rings. The Bertz CT molecular complexity index is 332. The SMILES string of the molecule is Oc1cccc(F)c1.[C-]#[O+].[C-]#[O+].[CH]1[CH][CH-]C=C1.[Fe]. The molecule has 0 saturated heterocycles. The van der Waals surface area contributed by atoms with Crippen molar-refractivity contribution in [2.24, 2.45) is 0 Å². The molecule has 0 aromatic heterocycles. The van der Waals surface area contributed by atoms with Gasteiger partial charge in [-0.05, 0) is 12.1 Å². The third-order valence-corrected chi connectivity index (χ3v) is 1.36. The van der Waals surface area contributed by atoms with Crippen LogP contribution in [0.2, 0.25) is 0 Å². The van der Waals surface area contributed by atoms with Gasteiger partial charge >= 0.3 is 22.6 Å². The number of allylic oxidation sites excluding steroid dienone is 2. The molecule has 0 bridgehead atoms. The number of benzene rings is 1. The van der Waals surface area contributed by atoms with E-state index < -0.39 is 5.82 Å². The zero-order valence-electron chi connectivity index (χ0n) is 9.19. The molecule has 1 aliphatic carbocycles. The van der Waals surface area contributed by atoms with Crippen LogP contribution >= 0.6 is 0 Å². The summed E-state index contributed by atoms with van der Waals surface area (Å²) >= 11 is 0. The molecular formula is C13H10FFeO3-. The van der Waals surface area contributed by atoms with Crippen LogP contribution in [0.5, 0.6) is 5.75 Å². The summed E-state index contributed by atoms with van der Waals surface area (Å²) in [5, 5.41) is 8.57. The first-order chi connectivity index (χ1) is 8.29. The molecule has 0 atom stereocenters. The van der Waals surface area contributed by atoms with E-state index in [0.717, 1.165) is 6.07 Å². The molecule has 0 fully saturated rings. The van der Waals surface area contributed by atoms with E-state index in [9.17, 15) is 4.39 Å². The van der Waals surface area contributed by atoms with Gasteiger partial charge in [0, 0.05) is 23.1 Å². The number of rotatable bonds is 0. The van der Waals surface area contributed by atoms with Crippen molar-refractivity contribution < 1.29 is 35.9 Å². The van der Waals surface area contributed by atoms with E-state index in [1.807, 2.05) is 31.4 Å². The normalized spacial score (nSPS) is 9.61. The van der Waals surface area contributed by atoms with Gasteiger partial charge in [0.2, 0.25) is 0 Å². The Kier molecular flexibility index (Phi) is 21.7. The minimum atomic E-state index is -0.412. The van der Waals surface area contributed by atoms with Crippen molar-refractivity contribution in [1.82, 2.24) is 0 Å². The van der Waals surface area contributed by atoms with Gasteiger partial charge in [-0.15, -0.1) is 12.8 Å². The fraction of sp³-hybridized carbons (Fsp3) is 0. The molecule has 1 aromatic carbocycles. The quantitative estimate of drug-likeness (QED) is 0.445. The van der Waals surface area contributed by atoms with Crippen LogP contribution in [0.3, 0.4) is 0 Å². The van der Waals surface area contributed by atoms with Crippen molar-refractivity contribution in [2.45, 2.75) is 0 Å². The molecule has 0 unspecified atom stereocenters. The molecule has 0 saturated carbocycles. The Balaban J connectivity index is -0.000000196. The average molecular weight is 289 g/mol. The van der Waals surface area contributed by atoms with E-state index in [-0.39, 0.29) is 22.8 Å². The van der Waals surface area contributed by atoms with E-state index in [0.29, 0.717) is 0 Å². The predicted molar refractivity (Wildman–Crippen MR) is 58.0 cm³/mol. The van der Waals surface area contributed by atoms with E-state index >= 15 is 0 Å². The topological polar surface area (TPSA) is 60.0 Å². The first-order valence-corrected chi connectivity index (χ1v) is 4.31. The van der Waals surface area contributed by atoms with Crippen LogP contribution in [0.15, 0.2) is 36.4 Å². The van der Waals surface area contributed by atoms with Crippen molar-refractivity contribution in [2.75, 3.05) is 0 Å². The zero-order valence-corrected chi connectivity index (χ0v) is 10.3. The molecule has 5 heteroatoms. The molecule has 1 N–H and O–H groups in total. The van der Waals surface area contributed by atoms with Gasteiger partial charge in [0.15, 0.2) is 0 Å². The summed E-state index contributed by atoms with van der Waals surface area (Å²) < 4.78 is 27.0. The van der Waals surface area contributed by atoms with Crippen LogP contribution in [0.1, 0.15) is 0 Å². The first kappa shape index (κ1) is 21.8. The minimum absolute atomic E-state index is 0. The Morgan fingerprint density at radius 1 is 1.17 bits per heavy atom. The number of halogens is 1. The average Bonchev–Trinajstić information content (AvgIpc) is 2.93. The van der Waals surface area contributed by atoms with Crippen molar-refractivity contribution >= 4 is 0 Å².